The maximum absolute atomic E-state index is 14.3. The normalized spacial score (nSPS) is 36.7. The van der Waals surface area contributed by atoms with Gasteiger partial charge in [-0.1, -0.05) is 43.6 Å². The highest BCUT2D eigenvalue weighted by Gasteiger charge is 2.71. The number of unbranched alkanes of at least 4 members (excludes halogenated alkanes) is 1. The Morgan fingerprint density at radius 3 is 2.64 bits per heavy atom. The Kier molecular flexibility index (Phi) is 8.42. The fourth-order valence-corrected chi connectivity index (χ4v) is 7.03. The van der Waals surface area contributed by atoms with Crippen LogP contribution in [0.25, 0.3) is 0 Å². The molecule has 2 saturated heterocycles. The Labute approximate surface area is 229 Å². The number of nitrogens with one attached hydrogen (secondary N) is 1. The number of aliphatic hydroxyl groups is 1. The van der Waals surface area contributed by atoms with Gasteiger partial charge in [0.15, 0.2) is 0 Å². The van der Waals surface area contributed by atoms with Gasteiger partial charge in [0, 0.05) is 32.2 Å². The molecule has 5 aliphatic rings. The number of hydrogen-bond acceptors (Lipinski definition) is 7. The van der Waals surface area contributed by atoms with Crippen molar-refractivity contribution in [3.63, 3.8) is 0 Å². The van der Waals surface area contributed by atoms with Crippen molar-refractivity contribution in [3.05, 3.63) is 24.3 Å². The first-order valence-corrected chi connectivity index (χ1v) is 14.6. The van der Waals surface area contributed by atoms with E-state index in [2.05, 4.69) is 5.32 Å². The van der Waals surface area contributed by atoms with Crippen molar-refractivity contribution in [2.24, 2.45) is 11.8 Å². The molecule has 39 heavy (non-hydrogen) atoms. The molecule has 3 amide bonds. The van der Waals surface area contributed by atoms with E-state index in [1.807, 2.05) is 23.1 Å². The molecule has 1 aliphatic carbocycles. The van der Waals surface area contributed by atoms with Crippen molar-refractivity contribution in [2.45, 2.75) is 94.6 Å². The lowest BCUT2D eigenvalue weighted by molar-refractivity contribution is -0.159. The average molecular weight is 544 g/mol. The van der Waals surface area contributed by atoms with Gasteiger partial charge < -0.3 is 29.7 Å². The molecule has 10 nitrogen and oxygen atoms in total. The van der Waals surface area contributed by atoms with E-state index >= 15 is 0 Å². The average Bonchev–Trinajstić information content (AvgIpc) is 3.30. The Morgan fingerprint density at radius 1 is 1.08 bits per heavy atom. The fraction of sp³-hybridized carbons (Fsp3) is 0.724. The number of carbonyl (C=O) groups excluding carboxylic acids is 4. The fourth-order valence-electron chi connectivity index (χ4n) is 7.03. The largest absolute Gasteiger partial charge is 0.460 e. The number of ether oxygens (including phenoxy) is 2. The Hall–Kier alpha value is -2.72. The van der Waals surface area contributed by atoms with Crippen LogP contribution in [0.3, 0.4) is 0 Å². The quantitative estimate of drug-likeness (QED) is 0.306. The molecule has 6 atom stereocenters. The maximum atomic E-state index is 14.3. The standard InChI is InChI=1S/C29H41N3O7/c1-19-18-30-22(34)13-6-5-12-21-23(28(37)38-19)24-26(35)32(15-7-8-17-33)25-27(36)31(20-10-3-2-4-11-20)16-9-14-29(24,25)39-21/h5,9,12,14,19-21,23-25,33H,2-4,6-8,10-11,13,15-18H2,1H3,(H,30,34)/b12-5-/t19-,21-,23+,24+,25-,29+/m0/s1. The van der Waals surface area contributed by atoms with Gasteiger partial charge in [-0.3, -0.25) is 19.2 Å². The number of allylic oxidation sites excluding steroid dienone is 1. The number of esters is 1. The van der Waals surface area contributed by atoms with E-state index in [4.69, 9.17) is 9.47 Å². The van der Waals surface area contributed by atoms with Crippen molar-refractivity contribution >= 4 is 23.7 Å². The second-order valence-corrected chi connectivity index (χ2v) is 11.5. The third kappa shape index (κ3) is 5.25. The summed E-state index contributed by atoms with van der Waals surface area (Å²) >= 11 is 0. The van der Waals surface area contributed by atoms with E-state index in [-0.39, 0.29) is 43.3 Å². The highest BCUT2D eigenvalue weighted by Crippen LogP contribution is 2.53. The minimum absolute atomic E-state index is 0.00391. The molecule has 214 valence electrons. The molecule has 3 fully saturated rings. The van der Waals surface area contributed by atoms with Gasteiger partial charge in [-0.25, -0.2) is 0 Å². The van der Waals surface area contributed by atoms with Crippen molar-refractivity contribution < 1.29 is 33.8 Å². The van der Waals surface area contributed by atoms with Gasteiger partial charge in [0.25, 0.3) is 0 Å². The van der Waals surface area contributed by atoms with E-state index in [0.29, 0.717) is 32.4 Å². The maximum Gasteiger partial charge on any atom is 0.313 e. The number of cyclic esters (lactones) is 1. The smallest absolute Gasteiger partial charge is 0.313 e. The summed E-state index contributed by atoms with van der Waals surface area (Å²) in [4.78, 5) is 57.8. The van der Waals surface area contributed by atoms with Gasteiger partial charge in [-0.15, -0.1) is 0 Å². The lowest BCUT2D eigenvalue weighted by atomic mass is 9.77. The Morgan fingerprint density at radius 2 is 1.87 bits per heavy atom. The summed E-state index contributed by atoms with van der Waals surface area (Å²) in [6.45, 7) is 2.63. The zero-order chi connectivity index (χ0) is 27.6. The van der Waals surface area contributed by atoms with Gasteiger partial charge >= 0.3 is 5.97 Å². The summed E-state index contributed by atoms with van der Waals surface area (Å²) in [7, 11) is 0. The summed E-state index contributed by atoms with van der Waals surface area (Å²) < 4.78 is 12.4. The molecule has 0 aromatic rings. The van der Waals surface area contributed by atoms with E-state index in [9.17, 15) is 24.3 Å². The summed E-state index contributed by atoms with van der Waals surface area (Å²) in [5, 5.41) is 12.2. The lowest BCUT2D eigenvalue weighted by Gasteiger charge is -2.39. The molecular formula is C29H41N3O7. The third-order valence-corrected chi connectivity index (χ3v) is 8.89. The van der Waals surface area contributed by atoms with Crippen LogP contribution in [0, 0.1) is 11.8 Å². The Bertz CT molecular complexity index is 1020. The van der Waals surface area contributed by atoms with E-state index in [0.717, 1.165) is 32.1 Å². The zero-order valence-electron chi connectivity index (χ0n) is 22.8. The monoisotopic (exact) mass is 543 g/mol. The molecule has 2 N–H and O–H groups in total. The SMILES string of the molecule is C[C@H]1CNC(=O)CC/C=C\[C@@H]2O[C@@]34C=CCN(C5CCCCC5)C(=O)[C@@H]3N(CCCCO)C(=O)[C@H]4[C@@H]2C(=O)O1. The van der Waals surface area contributed by atoms with Crippen LogP contribution in [0.5, 0.6) is 0 Å². The van der Waals surface area contributed by atoms with Crippen molar-refractivity contribution in [3.8, 4) is 0 Å². The molecule has 0 unspecified atom stereocenters. The number of fused-ring (bicyclic) bond motifs is 2. The third-order valence-electron chi connectivity index (χ3n) is 8.89. The van der Waals surface area contributed by atoms with Gasteiger partial charge in [0.1, 0.15) is 23.7 Å². The number of likely N-dealkylation sites (tertiary alicyclic amines) is 1. The number of rotatable bonds is 5. The molecule has 10 heteroatoms. The second kappa shape index (κ2) is 11.8. The van der Waals surface area contributed by atoms with Crippen LogP contribution in [-0.2, 0) is 28.7 Å². The van der Waals surface area contributed by atoms with Gasteiger partial charge in [-0.2, -0.15) is 0 Å². The topological polar surface area (TPSA) is 125 Å². The summed E-state index contributed by atoms with van der Waals surface area (Å²) in [5.41, 5.74) is -1.30. The first-order valence-electron chi connectivity index (χ1n) is 14.6. The highest BCUT2D eigenvalue weighted by molar-refractivity contribution is 5.99. The minimum atomic E-state index is -1.30. The number of carbonyl (C=O) groups is 4. The molecule has 0 aromatic heterocycles. The molecule has 0 bridgehead atoms. The predicted octanol–water partition coefficient (Wildman–Crippen LogP) is 1.47. The van der Waals surface area contributed by atoms with E-state index in [1.54, 1.807) is 17.9 Å². The number of nitrogens with zero attached hydrogens (tertiary/aromatic N) is 2. The zero-order valence-corrected chi connectivity index (χ0v) is 22.8. The van der Waals surface area contributed by atoms with E-state index in [1.165, 1.54) is 0 Å². The minimum Gasteiger partial charge on any atom is -0.460 e. The van der Waals surface area contributed by atoms with Gasteiger partial charge in [0.05, 0.1) is 18.6 Å². The molecule has 4 heterocycles. The predicted molar refractivity (Wildman–Crippen MR) is 141 cm³/mol. The van der Waals surface area contributed by atoms with Crippen LogP contribution in [0.2, 0.25) is 0 Å². The molecular weight excluding hydrogens is 502 g/mol. The van der Waals surface area contributed by atoms with Crippen LogP contribution in [0.1, 0.15) is 64.7 Å². The summed E-state index contributed by atoms with van der Waals surface area (Å²) in [5.74, 6) is -2.94. The van der Waals surface area contributed by atoms with Crippen molar-refractivity contribution in [2.75, 3.05) is 26.2 Å². The van der Waals surface area contributed by atoms with Crippen LogP contribution in [0.15, 0.2) is 24.3 Å². The number of aliphatic hydroxyl groups excluding tert-OH is 1. The van der Waals surface area contributed by atoms with Crippen molar-refractivity contribution in [1.82, 2.24) is 15.1 Å². The first-order chi connectivity index (χ1) is 18.9. The molecule has 0 aromatic carbocycles. The van der Waals surface area contributed by atoms with Crippen LogP contribution in [-0.4, -0.2) is 94.7 Å². The van der Waals surface area contributed by atoms with Crippen LogP contribution in [0.4, 0.5) is 0 Å². The first kappa shape index (κ1) is 27.8. The lowest BCUT2D eigenvalue weighted by Crippen LogP contribution is -2.57. The second-order valence-electron chi connectivity index (χ2n) is 11.5. The molecule has 4 aliphatic heterocycles. The van der Waals surface area contributed by atoms with Gasteiger partial charge in [-0.05, 0) is 39.0 Å². The summed E-state index contributed by atoms with van der Waals surface area (Å²) in [6, 6.07) is -0.774. The molecule has 5 rings (SSSR count). The van der Waals surface area contributed by atoms with Gasteiger partial charge in [0.2, 0.25) is 17.7 Å². The number of hydrogen-bond donors (Lipinski definition) is 2. The van der Waals surface area contributed by atoms with E-state index < -0.39 is 41.7 Å². The number of amides is 3. The molecule has 0 radical (unpaired) electrons. The van der Waals surface area contributed by atoms with Crippen molar-refractivity contribution in [1.29, 1.82) is 0 Å². The summed E-state index contributed by atoms with van der Waals surface area (Å²) in [6.07, 6.45) is 13.0. The van der Waals surface area contributed by atoms with Crippen LogP contribution < -0.4 is 5.32 Å². The molecule has 1 saturated carbocycles. The van der Waals surface area contributed by atoms with Crippen LogP contribution >= 0.6 is 0 Å². The molecule has 1 spiro atoms. The Balaban J connectivity index is 1.53. The highest BCUT2D eigenvalue weighted by atomic mass is 16.6.